The van der Waals surface area contributed by atoms with E-state index < -0.39 is 5.60 Å². The topological polar surface area (TPSA) is 20.2 Å². The van der Waals surface area contributed by atoms with Gasteiger partial charge in [0, 0.05) is 10.5 Å². The molecule has 1 nitrogen and oxygen atoms in total. The third-order valence-electron chi connectivity index (χ3n) is 4.71. The molecule has 2 bridgehead atoms. The van der Waals surface area contributed by atoms with Crippen LogP contribution in [0.25, 0.3) is 0 Å². The van der Waals surface area contributed by atoms with E-state index in [0.29, 0.717) is 10.5 Å². The van der Waals surface area contributed by atoms with Crippen molar-refractivity contribution >= 4 is 11.8 Å². The van der Waals surface area contributed by atoms with Gasteiger partial charge in [-0.1, -0.05) is 24.1 Å². The van der Waals surface area contributed by atoms with Gasteiger partial charge in [-0.15, -0.1) is 0 Å². The molecule has 2 atom stereocenters. The second-order valence-electron chi connectivity index (χ2n) is 6.52. The Morgan fingerprint density at radius 1 is 1.05 bits per heavy atom. The van der Waals surface area contributed by atoms with Gasteiger partial charge >= 0.3 is 0 Å². The molecule has 0 amide bonds. The maximum atomic E-state index is 11.3. The second kappa shape index (κ2) is 4.82. The second-order valence-corrected chi connectivity index (χ2v) is 8.13. The van der Waals surface area contributed by atoms with E-state index in [1.807, 2.05) is 0 Å². The Bertz CT molecular complexity index is 459. The number of fused-ring (bicyclic) bond motifs is 2. The highest BCUT2D eigenvalue weighted by molar-refractivity contribution is 8.00. The fourth-order valence-corrected chi connectivity index (χ4v) is 6.13. The summed E-state index contributed by atoms with van der Waals surface area (Å²) in [5.41, 5.74) is 4.47. The maximum absolute atomic E-state index is 11.3. The molecule has 0 aliphatic carbocycles. The van der Waals surface area contributed by atoms with Crippen molar-refractivity contribution in [1.29, 1.82) is 0 Å². The van der Waals surface area contributed by atoms with Gasteiger partial charge in [-0.25, -0.2) is 0 Å². The highest BCUT2D eigenvalue weighted by Gasteiger charge is 2.43. The molecule has 1 aromatic carbocycles. The first-order valence-electron chi connectivity index (χ1n) is 7.44. The van der Waals surface area contributed by atoms with Crippen molar-refractivity contribution < 1.29 is 5.11 Å². The fourth-order valence-electron chi connectivity index (χ4n) is 4.24. The van der Waals surface area contributed by atoms with Crippen LogP contribution in [0.2, 0.25) is 0 Å². The van der Waals surface area contributed by atoms with Crippen molar-refractivity contribution in [3.63, 3.8) is 0 Å². The van der Waals surface area contributed by atoms with Crippen LogP contribution in [0.5, 0.6) is 0 Å². The number of rotatable bonds is 1. The van der Waals surface area contributed by atoms with Gasteiger partial charge in [0.2, 0.25) is 0 Å². The van der Waals surface area contributed by atoms with Gasteiger partial charge in [-0.05, 0) is 63.1 Å². The first-order chi connectivity index (χ1) is 8.98. The van der Waals surface area contributed by atoms with Crippen molar-refractivity contribution in [1.82, 2.24) is 0 Å². The lowest BCUT2D eigenvalue weighted by Crippen LogP contribution is -2.41. The maximum Gasteiger partial charge on any atom is 0.0922 e. The first kappa shape index (κ1) is 13.5. The number of benzene rings is 1. The lowest BCUT2D eigenvalue weighted by molar-refractivity contribution is 0.00700. The van der Waals surface area contributed by atoms with Crippen LogP contribution in [-0.2, 0) is 5.60 Å². The molecule has 1 aromatic rings. The van der Waals surface area contributed by atoms with Crippen LogP contribution in [-0.4, -0.2) is 15.6 Å². The predicted octanol–water partition coefficient (Wildman–Crippen LogP) is 4.25. The molecule has 3 rings (SSSR count). The van der Waals surface area contributed by atoms with Crippen LogP contribution in [0.1, 0.15) is 54.4 Å². The summed E-state index contributed by atoms with van der Waals surface area (Å²) in [4.78, 5) is 0. The minimum Gasteiger partial charge on any atom is -0.385 e. The smallest absolute Gasteiger partial charge is 0.0922 e. The van der Waals surface area contributed by atoms with E-state index >= 15 is 0 Å². The Labute approximate surface area is 120 Å². The van der Waals surface area contributed by atoms with Crippen molar-refractivity contribution in [2.75, 3.05) is 0 Å². The summed E-state index contributed by atoms with van der Waals surface area (Å²) in [5.74, 6) is 0. The average Bonchev–Trinajstić information content (AvgIpc) is 2.25. The normalized spacial score (nSPS) is 34.3. The molecule has 2 saturated heterocycles. The molecule has 2 aliphatic heterocycles. The molecule has 2 unspecified atom stereocenters. The van der Waals surface area contributed by atoms with Crippen LogP contribution in [0.15, 0.2) is 12.1 Å². The summed E-state index contributed by atoms with van der Waals surface area (Å²) < 4.78 is 0. The number of hydrogen-bond acceptors (Lipinski definition) is 2. The van der Waals surface area contributed by atoms with Crippen molar-refractivity contribution in [2.24, 2.45) is 0 Å². The third kappa shape index (κ3) is 2.45. The standard InChI is InChI=1S/C17H24OS/c1-11-7-12(2)16(13(3)8-11)17(18)9-14-5-4-6-15(10-17)19-14/h7-8,14-15,18H,4-6,9-10H2,1-3H3. The molecule has 2 aliphatic rings. The molecule has 2 heteroatoms. The van der Waals surface area contributed by atoms with Gasteiger partial charge in [0.25, 0.3) is 0 Å². The zero-order valence-corrected chi connectivity index (χ0v) is 13.0. The Morgan fingerprint density at radius 3 is 2.11 bits per heavy atom. The van der Waals surface area contributed by atoms with E-state index in [2.05, 4.69) is 44.7 Å². The molecule has 0 spiro atoms. The lowest BCUT2D eigenvalue weighted by Gasteiger charge is -2.45. The zero-order chi connectivity index (χ0) is 13.6. The molecule has 2 heterocycles. The summed E-state index contributed by atoms with van der Waals surface area (Å²) in [6, 6.07) is 4.44. The summed E-state index contributed by atoms with van der Waals surface area (Å²) in [6.45, 7) is 6.45. The van der Waals surface area contributed by atoms with Crippen LogP contribution in [0.4, 0.5) is 0 Å². The van der Waals surface area contributed by atoms with Crippen LogP contribution in [0, 0.1) is 20.8 Å². The van der Waals surface area contributed by atoms with Crippen LogP contribution in [0.3, 0.4) is 0 Å². The van der Waals surface area contributed by atoms with Gasteiger partial charge in [0.05, 0.1) is 5.60 Å². The van der Waals surface area contributed by atoms with Gasteiger partial charge in [-0.3, -0.25) is 0 Å². The van der Waals surface area contributed by atoms with Crippen molar-refractivity contribution in [3.8, 4) is 0 Å². The van der Waals surface area contributed by atoms with E-state index in [-0.39, 0.29) is 0 Å². The molecule has 0 saturated carbocycles. The van der Waals surface area contributed by atoms with Crippen LogP contribution >= 0.6 is 11.8 Å². The highest BCUT2D eigenvalue weighted by Crippen LogP contribution is 2.50. The Hall–Kier alpha value is -0.470. The van der Waals surface area contributed by atoms with Crippen LogP contribution < -0.4 is 0 Å². The molecule has 19 heavy (non-hydrogen) atoms. The first-order valence-corrected chi connectivity index (χ1v) is 8.38. The van der Waals surface area contributed by atoms with E-state index in [1.54, 1.807) is 0 Å². The highest BCUT2D eigenvalue weighted by atomic mass is 32.2. The summed E-state index contributed by atoms with van der Waals surface area (Å²) in [6.07, 6.45) is 5.81. The molecule has 104 valence electrons. The number of aliphatic hydroxyl groups is 1. The monoisotopic (exact) mass is 276 g/mol. The van der Waals surface area contributed by atoms with Gasteiger partial charge < -0.3 is 5.11 Å². The summed E-state index contributed by atoms with van der Waals surface area (Å²) in [7, 11) is 0. The summed E-state index contributed by atoms with van der Waals surface area (Å²) >= 11 is 2.12. The number of aryl methyl sites for hydroxylation is 3. The van der Waals surface area contributed by atoms with Crippen molar-refractivity contribution in [2.45, 2.75) is 69.0 Å². The Kier molecular flexibility index (Phi) is 3.43. The zero-order valence-electron chi connectivity index (χ0n) is 12.2. The van der Waals surface area contributed by atoms with Crippen molar-refractivity contribution in [3.05, 3.63) is 34.4 Å². The minimum atomic E-state index is -0.580. The Balaban J connectivity index is 2.01. The average molecular weight is 276 g/mol. The molecular formula is C17H24OS. The molecule has 1 N–H and O–H groups in total. The number of thioether (sulfide) groups is 1. The molecule has 0 radical (unpaired) electrons. The SMILES string of the molecule is Cc1cc(C)c(C2(O)CC3CCCC(C2)S3)c(C)c1. The number of hydrogen-bond donors (Lipinski definition) is 1. The van der Waals surface area contributed by atoms with Gasteiger partial charge in [-0.2, -0.15) is 11.8 Å². The van der Waals surface area contributed by atoms with E-state index in [1.165, 1.54) is 41.5 Å². The quantitative estimate of drug-likeness (QED) is 0.827. The third-order valence-corrected chi connectivity index (χ3v) is 6.28. The lowest BCUT2D eigenvalue weighted by atomic mass is 9.77. The fraction of sp³-hybridized carbons (Fsp3) is 0.647. The minimum absolute atomic E-state index is 0.580. The summed E-state index contributed by atoms with van der Waals surface area (Å²) in [5, 5.41) is 12.6. The molecule has 0 aromatic heterocycles. The van der Waals surface area contributed by atoms with Gasteiger partial charge in [0.1, 0.15) is 0 Å². The molecular weight excluding hydrogens is 252 g/mol. The van der Waals surface area contributed by atoms with E-state index in [0.717, 1.165) is 12.8 Å². The largest absolute Gasteiger partial charge is 0.385 e. The van der Waals surface area contributed by atoms with Gasteiger partial charge in [0.15, 0.2) is 0 Å². The van der Waals surface area contributed by atoms with E-state index in [9.17, 15) is 5.11 Å². The van der Waals surface area contributed by atoms with E-state index in [4.69, 9.17) is 0 Å². The predicted molar refractivity (Wildman–Crippen MR) is 82.8 cm³/mol. The Morgan fingerprint density at radius 2 is 1.58 bits per heavy atom. The molecule has 2 fully saturated rings.